The Balaban J connectivity index is 2.80. The van der Waals surface area contributed by atoms with Gasteiger partial charge >= 0.3 is 6.18 Å². The molecule has 118 valence electrons. The topological polar surface area (TPSA) is 90.5 Å². The van der Waals surface area contributed by atoms with E-state index >= 15 is 0 Å². The van der Waals surface area contributed by atoms with Crippen molar-refractivity contribution >= 4 is 16.1 Å². The van der Waals surface area contributed by atoms with Gasteiger partial charge < -0.3 is 10.6 Å². The van der Waals surface area contributed by atoms with Gasteiger partial charge in [-0.15, -0.1) is 0 Å². The molecule has 3 N–H and O–H groups in total. The number of carbonyl (C=O) groups excluding carboxylic acids is 1. The van der Waals surface area contributed by atoms with Crippen LogP contribution in [0.5, 0.6) is 0 Å². The Kier molecular flexibility index (Phi) is 5.74. The van der Waals surface area contributed by atoms with Crippen LogP contribution in [0.4, 0.5) is 13.2 Å². The van der Waals surface area contributed by atoms with Crippen LogP contribution < -0.4 is 15.4 Å². The third-order valence-corrected chi connectivity index (χ3v) is 4.18. The van der Waals surface area contributed by atoms with E-state index in [1.54, 1.807) is 6.92 Å². The van der Waals surface area contributed by atoms with Gasteiger partial charge in [-0.05, 0) is 6.92 Å². The second kappa shape index (κ2) is 6.70. The average Bonchev–Trinajstić information content (AvgIpc) is 2.36. The molecule has 1 atom stereocenters. The number of amides is 1. The second-order valence-electron chi connectivity index (χ2n) is 4.17. The van der Waals surface area contributed by atoms with Gasteiger partial charge in [0.15, 0.2) is 0 Å². The van der Waals surface area contributed by atoms with Crippen LogP contribution in [0.25, 0.3) is 0 Å². The number of alkyl halides is 3. The molecule has 0 aromatic carbocycles. The summed E-state index contributed by atoms with van der Waals surface area (Å²) in [6.07, 6.45) is -4.65. The minimum atomic E-state index is -4.65. The summed E-state index contributed by atoms with van der Waals surface area (Å²) in [7, 11) is -4.37. The Hall–Kier alpha value is -0.910. The molecule has 1 saturated heterocycles. The van der Waals surface area contributed by atoms with Gasteiger partial charge in [-0.2, -0.15) is 30.6 Å². The minimum Gasteiger partial charge on any atom is -0.355 e. The van der Waals surface area contributed by atoms with Crippen molar-refractivity contribution in [3.8, 4) is 0 Å². The van der Waals surface area contributed by atoms with Gasteiger partial charge in [0.05, 0.1) is 0 Å². The smallest absolute Gasteiger partial charge is 0.355 e. The quantitative estimate of drug-likeness (QED) is 0.593. The number of carbonyl (C=O) groups is 1. The van der Waals surface area contributed by atoms with E-state index in [1.807, 2.05) is 0 Å². The molecule has 1 rings (SSSR count). The predicted octanol–water partition coefficient (Wildman–Crippen LogP) is -1.21. The highest BCUT2D eigenvalue weighted by atomic mass is 32.2. The molecule has 20 heavy (non-hydrogen) atoms. The largest absolute Gasteiger partial charge is 0.402 e. The number of nitrogens with zero attached hydrogens (tertiary/aromatic N) is 1. The van der Waals surface area contributed by atoms with Crippen molar-refractivity contribution in [3.05, 3.63) is 0 Å². The fourth-order valence-corrected chi connectivity index (χ4v) is 3.09. The van der Waals surface area contributed by atoms with Crippen LogP contribution in [0.3, 0.4) is 0 Å². The van der Waals surface area contributed by atoms with Crippen molar-refractivity contribution in [1.29, 1.82) is 0 Å². The fourth-order valence-electron chi connectivity index (χ4n) is 1.74. The number of likely N-dealkylation sites (N-methyl/N-ethyl adjacent to an activating group) is 1. The highest BCUT2D eigenvalue weighted by molar-refractivity contribution is 7.87. The van der Waals surface area contributed by atoms with E-state index in [4.69, 9.17) is 0 Å². The Morgan fingerprint density at radius 1 is 1.45 bits per heavy atom. The van der Waals surface area contributed by atoms with Gasteiger partial charge in [0.1, 0.15) is 12.6 Å². The molecule has 0 spiro atoms. The van der Waals surface area contributed by atoms with Crippen molar-refractivity contribution in [3.63, 3.8) is 0 Å². The molecule has 11 heteroatoms. The van der Waals surface area contributed by atoms with Gasteiger partial charge in [-0.1, -0.05) is 0 Å². The fraction of sp³-hybridized carbons (Fsp3) is 0.889. The summed E-state index contributed by atoms with van der Waals surface area (Å²) >= 11 is 0. The average molecular weight is 318 g/mol. The first-order valence-corrected chi connectivity index (χ1v) is 7.43. The first kappa shape index (κ1) is 17.1. The Morgan fingerprint density at radius 3 is 2.65 bits per heavy atom. The molecule has 0 bridgehead atoms. The maximum absolute atomic E-state index is 12.1. The van der Waals surface area contributed by atoms with Crippen LogP contribution in [0.2, 0.25) is 0 Å². The van der Waals surface area contributed by atoms with Gasteiger partial charge in [0, 0.05) is 26.2 Å². The monoisotopic (exact) mass is 318 g/mol. The third kappa shape index (κ3) is 4.89. The Bertz CT molecular complexity index is 440. The molecule has 0 aromatic heterocycles. The van der Waals surface area contributed by atoms with Gasteiger partial charge in [-0.3, -0.25) is 4.79 Å². The summed E-state index contributed by atoms with van der Waals surface area (Å²) in [5.41, 5.74) is 0. The van der Waals surface area contributed by atoms with E-state index in [2.05, 4.69) is 10.6 Å². The number of rotatable bonds is 5. The second-order valence-corrected chi connectivity index (χ2v) is 5.87. The summed E-state index contributed by atoms with van der Waals surface area (Å²) in [5, 5.41) is 5.29. The molecule has 1 amide bonds. The molecule has 0 aromatic rings. The number of hydrogen-bond donors (Lipinski definition) is 3. The van der Waals surface area contributed by atoms with E-state index < -0.39 is 34.9 Å². The highest BCUT2D eigenvalue weighted by Crippen LogP contribution is 2.15. The van der Waals surface area contributed by atoms with Crippen molar-refractivity contribution in [1.82, 2.24) is 19.7 Å². The van der Waals surface area contributed by atoms with Crippen LogP contribution >= 0.6 is 0 Å². The zero-order valence-electron chi connectivity index (χ0n) is 10.8. The summed E-state index contributed by atoms with van der Waals surface area (Å²) in [5.74, 6) is -0.544. The lowest BCUT2D eigenvalue weighted by Gasteiger charge is -2.34. The Morgan fingerprint density at radius 2 is 2.10 bits per heavy atom. The van der Waals surface area contributed by atoms with E-state index in [0.29, 0.717) is 6.54 Å². The third-order valence-electron chi connectivity index (χ3n) is 2.61. The molecular formula is C9H17F3N4O3S. The van der Waals surface area contributed by atoms with E-state index in [9.17, 15) is 26.4 Å². The molecule has 1 heterocycles. The molecule has 0 saturated carbocycles. The van der Waals surface area contributed by atoms with Gasteiger partial charge in [0.25, 0.3) is 10.2 Å². The standard InChI is InChI=1S/C9H17F3N4O3S/c1-2-14-8(17)7-5-13-3-4-16(7)20(18,19)15-6-9(10,11)12/h7,13,15H,2-6H2,1H3,(H,14,17). The van der Waals surface area contributed by atoms with Gasteiger partial charge in [0.2, 0.25) is 5.91 Å². The lowest BCUT2D eigenvalue weighted by Crippen LogP contribution is -2.62. The van der Waals surface area contributed by atoms with E-state index in [-0.39, 0.29) is 19.6 Å². The number of halogens is 3. The van der Waals surface area contributed by atoms with Crippen LogP contribution in [0.15, 0.2) is 0 Å². The first-order valence-electron chi connectivity index (χ1n) is 5.99. The lowest BCUT2D eigenvalue weighted by atomic mass is 10.2. The summed E-state index contributed by atoms with van der Waals surface area (Å²) in [6.45, 7) is 0.548. The molecule has 1 aliphatic heterocycles. The van der Waals surface area contributed by atoms with Crippen molar-refractivity contribution in [2.45, 2.75) is 19.1 Å². The molecule has 1 fully saturated rings. The number of piperazine rings is 1. The molecule has 7 nitrogen and oxygen atoms in total. The first-order chi connectivity index (χ1) is 9.17. The normalized spacial score (nSPS) is 21.7. The summed E-state index contributed by atoms with van der Waals surface area (Å²) in [4.78, 5) is 11.7. The number of hydrogen-bond acceptors (Lipinski definition) is 4. The minimum absolute atomic E-state index is 0.0543. The predicted molar refractivity (Wildman–Crippen MR) is 65.0 cm³/mol. The van der Waals surface area contributed by atoms with E-state index in [0.717, 1.165) is 4.31 Å². The van der Waals surface area contributed by atoms with E-state index in [1.165, 1.54) is 4.72 Å². The lowest BCUT2D eigenvalue weighted by molar-refractivity contribution is -0.125. The SMILES string of the molecule is CCNC(=O)C1CNCCN1S(=O)(=O)NCC(F)(F)F. The Labute approximate surface area is 115 Å². The summed E-state index contributed by atoms with van der Waals surface area (Å²) < 4.78 is 62.2. The van der Waals surface area contributed by atoms with Gasteiger partial charge in [-0.25, -0.2) is 0 Å². The molecular weight excluding hydrogens is 301 g/mol. The molecule has 0 radical (unpaired) electrons. The van der Waals surface area contributed by atoms with Crippen LogP contribution in [-0.2, 0) is 15.0 Å². The van der Waals surface area contributed by atoms with Crippen molar-refractivity contribution in [2.75, 3.05) is 32.7 Å². The van der Waals surface area contributed by atoms with Crippen LogP contribution in [0.1, 0.15) is 6.92 Å². The van der Waals surface area contributed by atoms with Crippen LogP contribution in [0, 0.1) is 0 Å². The number of nitrogens with one attached hydrogen (secondary N) is 3. The zero-order chi connectivity index (χ0) is 15.4. The molecule has 0 aliphatic carbocycles. The van der Waals surface area contributed by atoms with Crippen molar-refractivity contribution < 1.29 is 26.4 Å². The highest BCUT2D eigenvalue weighted by Gasteiger charge is 2.38. The maximum Gasteiger partial charge on any atom is 0.402 e. The molecule has 1 aliphatic rings. The van der Waals surface area contributed by atoms with Crippen LogP contribution in [-0.4, -0.2) is 63.6 Å². The van der Waals surface area contributed by atoms with Crippen molar-refractivity contribution in [2.24, 2.45) is 0 Å². The summed E-state index contributed by atoms with van der Waals surface area (Å²) in [6, 6.07) is -1.06. The maximum atomic E-state index is 12.1. The molecule has 1 unspecified atom stereocenters. The zero-order valence-corrected chi connectivity index (χ0v) is 11.6.